The number of carbonyl (C=O) groups excluding carboxylic acids is 1. The number of hydrogen-bond donors (Lipinski definition) is 1. The molecule has 0 aromatic heterocycles. The molecule has 0 radical (unpaired) electrons. The second kappa shape index (κ2) is 6.83. The van der Waals surface area contributed by atoms with Crippen molar-refractivity contribution < 1.29 is 13.2 Å². The Balaban J connectivity index is 2.24. The number of rotatable bonds is 4. The molecule has 7 heteroatoms. The van der Waals surface area contributed by atoms with Gasteiger partial charge in [-0.3, -0.25) is 4.79 Å². The summed E-state index contributed by atoms with van der Waals surface area (Å²) in [6.07, 6.45) is 0. The number of nitrogens with two attached hydrogens (primary N) is 1. The van der Waals surface area contributed by atoms with Crippen LogP contribution in [0.1, 0.15) is 34.5 Å². The maximum absolute atomic E-state index is 12.6. The highest BCUT2D eigenvalue weighted by Crippen LogP contribution is 2.22. The summed E-state index contributed by atoms with van der Waals surface area (Å²) in [5, 5.41) is 14.0. The zero-order chi connectivity index (χ0) is 17.9. The monoisotopic (exact) mass is 343 g/mol. The quantitative estimate of drug-likeness (QED) is 0.917. The lowest BCUT2D eigenvalue weighted by atomic mass is 10.1. The van der Waals surface area contributed by atoms with Gasteiger partial charge in [-0.1, -0.05) is 18.2 Å². The summed E-state index contributed by atoms with van der Waals surface area (Å²) in [7, 11) is -2.09. The summed E-state index contributed by atoms with van der Waals surface area (Å²) < 4.78 is 22.6. The summed E-state index contributed by atoms with van der Waals surface area (Å²) in [6.45, 7) is 1.83. The van der Waals surface area contributed by atoms with Crippen LogP contribution in [0.25, 0.3) is 0 Å². The van der Waals surface area contributed by atoms with Gasteiger partial charge in [-0.25, -0.2) is 13.6 Å². The molecule has 1 unspecified atom stereocenters. The van der Waals surface area contributed by atoms with Crippen molar-refractivity contribution in [2.24, 2.45) is 5.14 Å². The van der Waals surface area contributed by atoms with Gasteiger partial charge in [0.25, 0.3) is 5.91 Å². The summed E-state index contributed by atoms with van der Waals surface area (Å²) in [5.74, 6) is -0.227. The molecule has 0 spiro atoms. The average molecular weight is 343 g/mol. The minimum absolute atomic E-state index is 0.0224. The van der Waals surface area contributed by atoms with Crippen molar-refractivity contribution in [2.75, 3.05) is 7.05 Å². The highest BCUT2D eigenvalue weighted by molar-refractivity contribution is 7.89. The van der Waals surface area contributed by atoms with E-state index in [9.17, 15) is 13.2 Å². The summed E-state index contributed by atoms with van der Waals surface area (Å²) in [6, 6.07) is 14.3. The highest BCUT2D eigenvalue weighted by Gasteiger charge is 2.19. The number of sulfonamides is 1. The Morgan fingerprint density at radius 2 is 1.83 bits per heavy atom. The summed E-state index contributed by atoms with van der Waals surface area (Å²) in [5.41, 5.74) is 1.61. The molecule has 1 atom stereocenters. The van der Waals surface area contributed by atoms with Gasteiger partial charge in [0.15, 0.2) is 0 Å². The third-order valence-electron chi connectivity index (χ3n) is 3.83. The molecule has 0 aliphatic carbocycles. The molecule has 0 aliphatic heterocycles. The van der Waals surface area contributed by atoms with E-state index >= 15 is 0 Å². The highest BCUT2D eigenvalue weighted by atomic mass is 32.2. The third kappa shape index (κ3) is 3.79. The van der Waals surface area contributed by atoms with Crippen LogP contribution in [-0.4, -0.2) is 26.3 Å². The van der Waals surface area contributed by atoms with Gasteiger partial charge < -0.3 is 4.90 Å². The second-order valence-electron chi connectivity index (χ2n) is 5.40. The molecular formula is C17H17N3O3S. The number of carbonyl (C=O) groups is 1. The first-order valence-electron chi connectivity index (χ1n) is 7.14. The SMILES string of the molecule is CC(c1ccc(S(N)(=O)=O)cc1)N(C)C(=O)c1cccc(C#N)c1. The molecular weight excluding hydrogens is 326 g/mol. The van der Waals surface area contributed by atoms with Crippen LogP contribution in [0.3, 0.4) is 0 Å². The Morgan fingerprint density at radius 1 is 1.21 bits per heavy atom. The molecule has 0 bridgehead atoms. The van der Waals surface area contributed by atoms with Crippen LogP contribution in [-0.2, 0) is 10.0 Å². The molecule has 0 saturated heterocycles. The van der Waals surface area contributed by atoms with E-state index in [2.05, 4.69) is 0 Å². The van der Waals surface area contributed by atoms with E-state index in [1.165, 1.54) is 23.1 Å². The van der Waals surface area contributed by atoms with E-state index in [4.69, 9.17) is 10.4 Å². The van der Waals surface area contributed by atoms with Crippen LogP contribution in [0.4, 0.5) is 0 Å². The lowest BCUT2D eigenvalue weighted by Crippen LogP contribution is -2.29. The Hall–Kier alpha value is -2.69. The van der Waals surface area contributed by atoms with Crippen molar-refractivity contribution in [3.8, 4) is 6.07 Å². The predicted octanol–water partition coefficient (Wildman–Crippen LogP) is 2.04. The number of nitrogens with zero attached hydrogens (tertiary/aromatic N) is 2. The molecule has 0 aliphatic rings. The number of amides is 1. The van der Waals surface area contributed by atoms with Gasteiger partial charge in [0.2, 0.25) is 10.0 Å². The van der Waals surface area contributed by atoms with Crippen molar-refractivity contribution >= 4 is 15.9 Å². The van der Waals surface area contributed by atoms with Crippen LogP contribution in [0.15, 0.2) is 53.4 Å². The van der Waals surface area contributed by atoms with Gasteiger partial charge in [-0.2, -0.15) is 5.26 Å². The zero-order valence-corrected chi connectivity index (χ0v) is 14.1. The van der Waals surface area contributed by atoms with Gasteiger partial charge in [0.1, 0.15) is 0 Å². The molecule has 0 heterocycles. The van der Waals surface area contributed by atoms with Crippen LogP contribution in [0.2, 0.25) is 0 Å². The molecule has 24 heavy (non-hydrogen) atoms. The fraction of sp³-hybridized carbons (Fsp3) is 0.176. The first-order chi connectivity index (χ1) is 11.2. The lowest BCUT2D eigenvalue weighted by molar-refractivity contribution is 0.0742. The predicted molar refractivity (Wildman–Crippen MR) is 89.5 cm³/mol. The molecule has 0 fully saturated rings. The van der Waals surface area contributed by atoms with Crippen LogP contribution < -0.4 is 5.14 Å². The molecule has 1 amide bonds. The topological polar surface area (TPSA) is 104 Å². The van der Waals surface area contributed by atoms with Crippen LogP contribution in [0, 0.1) is 11.3 Å². The molecule has 2 aromatic carbocycles. The fourth-order valence-corrected chi connectivity index (χ4v) is 2.78. The molecule has 124 valence electrons. The van der Waals surface area contributed by atoms with E-state index in [-0.39, 0.29) is 16.8 Å². The second-order valence-corrected chi connectivity index (χ2v) is 6.96. The summed E-state index contributed by atoms with van der Waals surface area (Å²) >= 11 is 0. The first-order valence-corrected chi connectivity index (χ1v) is 8.68. The van der Waals surface area contributed by atoms with E-state index in [1.807, 2.05) is 13.0 Å². The lowest BCUT2D eigenvalue weighted by Gasteiger charge is -2.25. The Kier molecular flexibility index (Phi) is 5.02. The standard InChI is InChI=1S/C17H17N3O3S/c1-12(14-6-8-16(9-7-14)24(19,22)23)20(2)17(21)15-5-3-4-13(10-15)11-18/h3-10,12H,1-2H3,(H2,19,22,23). The number of nitriles is 1. The fourth-order valence-electron chi connectivity index (χ4n) is 2.26. The Bertz CT molecular complexity index is 899. The number of benzene rings is 2. The summed E-state index contributed by atoms with van der Waals surface area (Å²) in [4.78, 5) is 14.1. The molecule has 0 saturated carbocycles. The third-order valence-corrected chi connectivity index (χ3v) is 4.76. The molecule has 2 rings (SSSR count). The Labute approximate surface area is 141 Å². The minimum atomic E-state index is -3.74. The number of hydrogen-bond acceptors (Lipinski definition) is 4. The largest absolute Gasteiger partial charge is 0.335 e. The normalized spacial score (nSPS) is 12.2. The smallest absolute Gasteiger partial charge is 0.254 e. The van der Waals surface area contributed by atoms with Gasteiger partial charge >= 0.3 is 0 Å². The van der Waals surface area contributed by atoms with Crippen molar-refractivity contribution in [1.82, 2.24) is 4.90 Å². The van der Waals surface area contributed by atoms with Crippen molar-refractivity contribution in [2.45, 2.75) is 17.9 Å². The average Bonchev–Trinajstić information content (AvgIpc) is 2.59. The van der Waals surface area contributed by atoms with E-state index in [0.717, 1.165) is 5.56 Å². The van der Waals surface area contributed by atoms with Crippen molar-refractivity contribution in [1.29, 1.82) is 5.26 Å². The number of primary sulfonamides is 1. The molecule has 6 nitrogen and oxygen atoms in total. The van der Waals surface area contributed by atoms with Gasteiger partial charge in [-0.05, 0) is 42.8 Å². The Morgan fingerprint density at radius 3 is 2.38 bits per heavy atom. The molecule has 2 N–H and O–H groups in total. The van der Waals surface area contributed by atoms with E-state index in [0.29, 0.717) is 11.1 Å². The maximum Gasteiger partial charge on any atom is 0.254 e. The van der Waals surface area contributed by atoms with Crippen molar-refractivity contribution in [3.05, 3.63) is 65.2 Å². The first kappa shape index (κ1) is 17.7. The van der Waals surface area contributed by atoms with Gasteiger partial charge in [0, 0.05) is 12.6 Å². The van der Waals surface area contributed by atoms with Crippen LogP contribution in [0.5, 0.6) is 0 Å². The maximum atomic E-state index is 12.6. The zero-order valence-electron chi connectivity index (χ0n) is 13.3. The minimum Gasteiger partial charge on any atom is -0.335 e. The van der Waals surface area contributed by atoms with Crippen molar-refractivity contribution in [3.63, 3.8) is 0 Å². The van der Waals surface area contributed by atoms with Gasteiger partial charge in [-0.15, -0.1) is 0 Å². The van der Waals surface area contributed by atoms with Gasteiger partial charge in [0.05, 0.1) is 22.6 Å². The van der Waals surface area contributed by atoms with E-state index < -0.39 is 10.0 Å². The van der Waals surface area contributed by atoms with Crippen LogP contribution >= 0.6 is 0 Å². The van der Waals surface area contributed by atoms with E-state index in [1.54, 1.807) is 37.4 Å². The molecule has 2 aromatic rings.